The van der Waals surface area contributed by atoms with E-state index in [1.807, 2.05) is 6.07 Å². The normalized spacial score (nSPS) is 24.7. The van der Waals surface area contributed by atoms with Crippen molar-refractivity contribution in [2.24, 2.45) is 11.1 Å². The first-order chi connectivity index (χ1) is 12.6. The van der Waals surface area contributed by atoms with Crippen LogP contribution in [0.3, 0.4) is 0 Å². The van der Waals surface area contributed by atoms with E-state index in [1.54, 1.807) is 0 Å². The van der Waals surface area contributed by atoms with Crippen molar-refractivity contribution in [1.29, 1.82) is 0 Å². The minimum atomic E-state index is 0.0902. The van der Waals surface area contributed by atoms with E-state index in [4.69, 9.17) is 10.5 Å². The first kappa shape index (κ1) is 19.3. The van der Waals surface area contributed by atoms with E-state index in [2.05, 4.69) is 40.2 Å². The highest BCUT2D eigenvalue weighted by Gasteiger charge is 2.33. The first-order valence-corrected chi connectivity index (χ1v) is 9.64. The molecule has 1 aromatic carbocycles. The van der Waals surface area contributed by atoms with Crippen LogP contribution in [0, 0.1) is 5.41 Å². The second kappa shape index (κ2) is 8.95. The molecule has 0 radical (unpaired) electrons. The summed E-state index contributed by atoms with van der Waals surface area (Å²) in [5.74, 6) is 0.0902. The number of carbonyl (C=O) groups is 1. The molecule has 6 heteroatoms. The number of nitrogens with one attached hydrogen (secondary N) is 1. The summed E-state index contributed by atoms with van der Waals surface area (Å²) in [7, 11) is 0. The Bertz CT molecular complexity index is 603. The Morgan fingerprint density at radius 1 is 1.19 bits per heavy atom. The lowest BCUT2D eigenvalue weighted by Crippen LogP contribution is -2.38. The molecule has 2 saturated heterocycles. The van der Waals surface area contributed by atoms with Crippen LogP contribution in [-0.4, -0.2) is 68.2 Å². The SMILES string of the molecule is CC1(CN)CCN(CC(=O)NCc2ccccc2CN2CCOCC2)C1. The highest BCUT2D eigenvalue weighted by molar-refractivity contribution is 5.78. The predicted molar refractivity (Wildman–Crippen MR) is 103 cm³/mol. The summed E-state index contributed by atoms with van der Waals surface area (Å²) < 4.78 is 5.42. The van der Waals surface area contributed by atoms with Crippen LogP contribution >= 0.6 is 0 Å². The number of hydrogen-bond acceptors (Lipinski definition) is 5. The highest BCUT2D eigenvalue weighted by Crippen LogP contribution is 2.27. The highest BCUT2D eigenvalue weighted by atomic mass is 16.5. The summed E-state index contributed by atoms with van der Waals surface area (Å²) in [4.78, 5) is 17.0. The van der Waals surface area contributed by atoms with E-state index in [-0.39, 0.29) is 11.3 Å². The summed E-state index contributed by atoms with van der Waals surface area (Å²) in [6.45, 7) is 10.2. The molecule has 144 valence electrons. The molecule has 2 aliphatic heterocycles. The van der Waals surface area contributed by atoms with Crippen LogP contribution in [0.5, 0.6) is 0 Å². The van der Waals surface area contributed by atoms with Gasteiger partial charge in [0.25, 0.3) is 0 Å². The van der Waals surface area contributed by atoms with Gasteiger partial charge >= 0.3 is 0 Å². The zero-order chi connectivity index (χ0) is 18.4. The van der Waals surface area contributed by atoms with Gasteiger partial charge in [0.1, 0.15) is 0 Å². The number of rotatable bonds is 7. The standard InChI is InChI=1S/C20H32N4O2/c1-20(15-21)6-7-24(16-20)14-19(25)22-12-17-4-2-3-5-18(17)13-23-8-10-26-11-9-23/h2-5H,6-16,21H2,1H3,(H,22,25). The lowest BCUT2D eigenvalue weighted by atomic mass is 9.90. The molecular formula is C20H32N4O2. The largest absolute Gasteiger partial charge is 0.379 e. The van der Waals surface area contributed by atoms with Crippen molar-refractivity contribution in [2.45, 2.75) is 26.4 Å². The number of nitrogens with zero attached hydrogens (tertiary/aromatic N) is 2. The summed E-state index contributed by atoms with van der Waals surface area (Å²) >= 11 is 0. The number of morpholine rings is 1. The molecule has 0 spiro atoms. The van der Waals surface area contributed by atoms with E-state index < -0.39 is 0 Å². The van der Waals surface area contributed by atoms with Gasteiger partial charge in [-0.05, 0) is 36.1 Å². The quantitative estimate of drug-likeness (QED) is 0.753. The lowest BCUT2D eigenvalue weighted by molar-refractivity contribution is -0.122. The van der Waals surface area contributed by atoms with Gasteiger partial charge in [0.2, 0.25) is 5.91 Å². The van der Waals surface area contributed by atoms with Crippen molar-refractivity contribution in [3.05, 3.63) is 35.4 Å². The molecule has 3 rings (SSSR count). The molecule has 2 fully saturated rings. The first-order valence-electron chi connectivity index (χ1n) is 9.64. The van der Waals surface area contributed by atoms with Crippen molar-refractivity contribution < 1.29 is 9.53 Å². The molecule has 1 amide bonds. The van der Waals surface area contributed by atoms with E-state index in [1.165, 1.54) is 11.1 Å². The van der Waals surface area contributed by atoms with Gasteiger partial charge in [-0.2, -0.15) is 0 Å². The van der Waals surface area contributed by atoms with Gasteiger partial charge in [-0.1, -0.05) is 31.2 Å². The van der Waals surface area contributed by atoms with Gasteiger partial charge in [0.05, 0.1) is 19.8 Å². The third-order valence-electron chi connectivity index (χ3n) is 5.59. The molecule has 0 bridgehead atoms. The molecule has 1 atom stereocenters. The number of carbonyl (C=O) groups excluding carboxylic acids is 1. The molecule has 6 nitrogen and oxygen atoms in total. The molecule has 3 N–H and O–H groups in total. The average Bonchev–Trinajstić information content (AvgIpc) is 3.03. The van der Waals surface area contributed by atoms with Crippen molar-refractivity contribution in [2.75, 3.05) is 52.5 Å². The molecule has 1 aromatic rings. The fourth-order valence-electron chi connectivity index (χ4n) is 3.76. The van der Waals surface area contributed by atoms with Crippen LogP contribution < -0.4 is 11.1 Å². The summed E-state index contributed by atoms with van der Waals surface area (Å²) in [5, 5.41) is 3.09. The van der Waals surface area contributed by atoms with Crippen molar-refractivity contribution >= 4 is 5.91 Å². The van der Waals surface area contributed by atoms with Crippen LogP contribution in [0.15, 0.2) is 24.3 Å². The fraction of sp³-hybridized carbons (Fsp3) is 0.650. The van der Waals surface area contributed by atoms with Crippen molar-refractivity contribution in [3.8, 4) is 0 Å². The van der Waals surface area contributed by atoms with Crippen LogP contribution in [-0.2, 0) is 22.6 Å². The molecule has 2 aliphatic rings. The molecule has 0 aliphatic carbocycles. The summed E-state index contributed by atoms with van der Waals surface area (Å²) in [6, 6.07) is 8.37. The van der Waals surface area contributed by atoms with E-state index in [0.717, 1.165) is 52.4 Å². The van der Waals surface area contributed by atoms with Gasteiger partial charge in [-0.3, -0.25) is 14.6 Å². The Morgan fingerprint density at radius 2 is 1.92 bits per heavy atom. The van der Waals surface area contributed by atoms with Crippen LogP contribution in [0.1, 0.15) is 24.5 Å². The number of amides is 1. The van der Waals surface area contributed by atoms with Gasteiger partial charge in [0.15, 0.2) is 0 Å². The Kier molecular flexibility index (Phi) is 6.64. The molecule has 0 aromatic heterocycles. The molecule has 26 heavy (non-hydrogen) atoms. The molecule has 0 saturated carbocycles. The maximum Gasteiger partial charge on any atom is 0.234 e. The van der Waals surface area contributed by atoms with Crippen molar-refractivity contribution in [3.63, 3.8) is 0 Å². The Balaban J connectivity index is 1.49. The van der Waals surface area contributed by atoms with Gasteiger partial charge in [0, 0.05) is 32.7 Å². The Hall–Kier alpha value is -1.47. The summed E-state index contributed by atoms with van der Waals surface area (Å²) in [6.07, 6.45) is 1.07. The zero-order valence-electron chi connectivity index (χ0n) is 15.9. The average molecular weight is 361 g/mol. The Morgan fingerprint density at radius 3 is 2.62 bits per heavy atom. The van der Waals surface area contributed by atoms with Gasteiger partial charge < -0.3 is 15.8 Å². The number of hydrogen-bond donors (Lipinski definition) is 2. The number of ether oxygens (including phenoxy) is 1. The second-order valence-corrected chi connectivity index (χ2v) is 7.91. The number of likely N-dealkylation sites (tertiary alicyclic amines) is 1. The smallest absolute Gasteiger partial charge is 0.234 e. The maximum absolute atomic E-state index is 12.4. The Labute approximate surface area is 156 Å². The van der Waals surface area contributed by atoms with Crippen LogP contribution in [0.4, 0.5) is 0 Å². The predicted octanol–water partition coefficient (Wildman–Crippen LogP) is 0.806. The number of nitrogens with two attached hydrogens (primary N) is 1. The minimum Gasteiger partial charge on any atom is -0.379 e. The van der Waals surface area contributed by atoms with E-state index in [0.29, 0.717) is 19.6 Å². The number of benzene rings is 1. The fourth-order valence-corrected chi connectivity index (χ4v) is 3.76. The zero-order valence-corrected chi connectivity index (χ0v) is 15.9. The molecular weight excluding hydrogens is 328 g/mol. The second-order valence-electron chi connectivity index (χ2n) is 7.91. The van der Waals surface area contributed by atoms with E-state index >= 15 is 0 Å². The lowest BCUT2D eigenvalue weighted by Gasteiger charge is -2.27. The summed E-state index contributed by atoms with van der Waals surface area (Å²) in [5.41, 5.74) is 8.49. The van der Waals surface area contributed by atoms with E-state index in [9.17, 15) is 4.79 Å². The third-order valence-corrected chi connectivity index (χ3v) is 5.59. The van der Waals surface area contributed by atoms with Gasteiger partial charge in [-0.25, -0.2) is 0 Å². The molecule has 1 unspecified atom stereocenters. The maximum atomic E-state index is 12.4. The molecule has 2 heterocycles. The van der Waals surface area contributed by atoms with Crippen LogP contribution in [0.25, 0.3) is 0 Å². The minimum absolute atomic E-state index is 0.0902. The third kappa shape index (κ3) is 5.27. The van der Waals surface area contributed by atoms with Crippen molar-refractivity contribution in [1.82, 2.24) is 15.1 Å². The monoisotopic (exact) mass is 360 g/mol. The topological polar surface area (TPSA) is 70.8 Å². The van der Waals surface area contributed by atoms with Gasteiger partial charge in [-0.15, -0.1) is 0 Å². The van der Waals surface area contributed by atoms with Crippen LogP contribution in [0.2, 0.25) is 0 Å².